The summed E-state index contributed by atoms with van der Waals surface area (Å²) in [7, 11) is 2.14. The molecule has 1 aromatic heterocycles. The van der Waals surface area contributed by atoms with Gasteiger partial charge in [0.15, 0.2) is 0 Å². The van der Waals surface area contributed by atoms with Crippen molar-refractivity contribution < 1.29 is 5.11 Å². The van der Waals surface area contributed by atoms with E-state index in [0.717, 1.165) is 25.2 Å². The van der Waals surface area contributed by atoms with E-state index in [1.807, 2.05) is 10.8 Å². The van der Waals surface area contributed by atoms with E-state index in [-0.39, 0.29) is 6.61 Å². The molecule has 1 N–H and O–H groups in total. The van der Waals surface area contributed by atoms with Crippen molar-refractivity contribution in [3.63, 3.8) is 0 Å². The van der Waals surface area contributed by atoms with Gasteiger partial charge in [-0.05, 0) is 23.6 Å². The Bertz CT molecular complexity index is 577. The second-order valence-electron chi connectivity index (χ2n) is 5.07. The van der Waals surface area contributed by atoms with Crippen molar-refractivity contribution in [1.82, 2.24) is 9.55 Å². The fraction of sp³-hybridized carbons (Fsp3) is 0.400. The van der Waals surface area contributed by atoms with Gasteiger partial charge in [0, 0.05) is 44.6 Å². The summed E-state index contributed by atoms with van der Waals surface area (Å²) in [5.74, 6) is 1.01. The molecule has 0 spiro atoms. The molecule has 0 saturated carbocycles. The molecule has 0 amide bonds. The number of aliphatic hydroxyl groups excluding tert-OH is 1. The lowest BCUT2D eigenvalue weighted by Crippen LogP contribution is -2.12. The van der Waals surface area contributed by atoms with Gasteiger partial charge < -0.3 is 14.6 Å². The number of anilines is 1. The molecule has 2 aromatic rings. The molecule has 100 valence electrons. The van der Waals surface area contributed by atoms with Crippen LogP contribution in [0, 0.1) is 0 Å². The Morgan fingerprint density at radius 3 is 3.11 bits per heavy atom. The lowest BCUT2D eigenvalue weighted by Gasteiger charge is -2.12. The van der Waals surface area contributed by atoms with Crippen molar-refractivity contribution in [3.05, 3.63) is 47.5 Å². The van der Waals surface area contributed by atoms with Gasteiger partial charge in [-0.2, -0.15) is 0 Å². The molecule has 1 aliphatic heterocycles. The van der Waals surface area contributed by atoms with E-state index in [1.165, 1.54) is 16.8 Å². The van der Waals surface area contributed by atoms with Crippen LogP contribution in [0.25, 0.3) is 0 Å². The number of benzene rings is 1. The number of hydrogen-bond donors (Lipinski definition) is 1. The van der Waals surface area contributed by atoms with Crippen LogP contribution in [-0.4, -0.2) is 34.9 Å². The second kappa shape index (κ2) is 5.05. The highest BCUT2D eigenvalue weighted by Crippen LogP contribution is 2.27. The fourth-order valence-corrected chi connectivity index (χ4v) is 2.73. The molecule has 0 radical (unpaired) electrons. The number of aliphatic hydroxyl groups is 1. The Balaban J connectivity index is 1.82. The average Bonchev–Trinajstić information content (AvgIpc) is 2.98. The van der Waals surface area contributed by atoms with Crippen LogP contribution < -0.4 is 4.90 Å². The molecule has 1 aliphatic rings. The van der Waals surface area contributed by atoms with E-state index >= 15 is 0 Å². The van der Waals surface area contributed by atoms with Crippen molar-refractivity contribution in [1.29, 1.82) is 0 Å². The Morgan fingerprint density at radius 2 is 2.26 bits per heavy atom. The van der Waals surface area contributed by atoms with Gasteiger partial charge in [0.1, 0.15) is 5.82 Å². The summed E-state index contributed by atoms with van der Waals surface area (Å²) in [4.78, 5) is 6.68. The fourth-order valence-electron chi connectivity index (χ4n) is 2.73. The summed E-state index contributed by atoms with van der Waals surface area (Å²) in [5.41, 5.74) is 4.07. The SMILES string of the molecule is CN1CCc2cc(Cc3nccn3CCO)ccc21. The molecule has 0 saturated heterocycles. The molecule has 0 aliphatic carbocycles. The highest BCUT2D eigenvalue weighted by atomic mass is 16.3. The molecule has 0 atom stereocenters. The quantitative estimate of drug-likeness (QED) is 0.901. The van der Waals surface area contributed by atoms with E-state index < -0.39 is 0 Å². The van der Waals surface area contributed by atoms with Gasteiger partial charge in [-0.15, -0.1) is 0 Å². The topological polar surface area (TPSA) is 41.3 Å². The van der Waals surface area contributed by atoms with Gasteiger partial charge in [-0.3, -0.25) is 0 Å². The number of aromatic nitrogens is 2. The van der Waals surface area contributed by atoms with Gasteiger partial charge in [-0.1, -0.05) is 12.1 Å². The summed E-state index contributed by atoms with van der Waals surface area (Å²) in [6.45, 7) is 1.87. The molecule has 0 fully saturated rings. The molecule has 2 heterocycles. The first-order chi connectivity index (χ1) is 9.28. The van der Waals surface area contributed by atoms with E-state index in [1.54, 1.807) is 6.20 Å². The van der Waals surface area contributed by atoms with Crippen LogP contribution in [-0.2, 0) is 19.4 Å². The predicted octanol–water partition coefficient (Wildman–Crippen LogP) is 1.46. The maximum atomic E-state index is 9.03. The first-order valence-corrected chi connectivity index (χ1v) is 6.72. The van der Waals surface area contributed by atoms with Crippen molar-refractivity contribution in [2.75, 3.05) is 25.1 Å². The summed E-state index contributed by atoms with van der Waals surface area (Å²) in [6, 6.07) is 6.67. The van der Waals surface area contributed by atoms with Crippen LogP contribution in [0.15, 0.2) is 30.6 Å². The Labute approximate surface area is 113 Å². The normalized spacial score (nSPS) is 13.9. The van der Waals surface area contributed by atoms with Gasteiger partial charge >= 0.3 is 0 Å². The van der Waals surface area contributed by atoms with Crippen LogP contribution in [0.3, 0.4) is 0 Å². The zero-order valence-corrected chi connectivity index (χ0v) is 11.2. The van der Waals surface area contributed by atoms with Crippen LogP contribution in [0.1, 0.15) is 17.0 Å². The van der Waals surface area contributed by atoms with Crippen molar-refractivity contribution in [3.8, 4) is 0 Å². The molecule has 4 nitrogen and oxygen atoms in total. The zero-order valence-electron chi connectivity index (χ0n) is 11.2. The summed E-state index contributed by atoms with van der Waals surface area (Å²) < 4.78 is 2.01. The van der Waals surface area contributed by atoms with Gasteiger partial charge in [-0.25, -0.2) is 4.98 Å². The van der Waals surface area contributed by atoms with E-state index in [9.17, 15) is 0 Å². The third-order valence-electron chi connectivity index (χ3n) is 3.78. The molecule has 3 rings (SSSR count). The van der Waals surface area contributed by atoms with E-state index in [0.29, 0.717) is 6.54 Å². The standard InChI is InChI=1S/C15H19N3O/c1-17-6-4-13-10-12(2-3-14(13)17)11-15-16-5-7-18(15)8-9-19/h2-3,5,7,10,19H,4,6,8-9,11H2,1H3. The Morgan fingerprint density at radius 1 is 1.37 bits per heavy atom. The molecule has 1 aromatic carbocycles. The third kappa shape index (κ3) is 2.36. The molecule has 0 unspecified atom stereocenters. The zero-order chi connectivity index (χ0) is 13.2. The molecule has 0 bridgehead atoms. The number of hydrogen-bond acceptors (Lipinski definition) is 3. The van der Waals surface area contributed by atoms with Crippen molar-refractivity contribution in [2.24, 2.45) is 0 Å². The van der Waals surface area contributed by atoms with Crippen LogP contribution in [0.2, 0.25) is 0 Å². The lowest BCUT2D eigenvalue weighted by atomic mass is 10.1. The predicted molar refractivity (Wildman–Crippen MR) is 75.5 cm³/mol. The number of fused-ring (bicyclic) bond motifs is 1. The number of imidazole rings is 1. The maximum Gasteiger partial charge on any atom is 0.113 e. The molecule has 4 heteroatoms. The minimum absolute atomic E-state index is 0.151. The smallest absolute Gasteiger partial charge is 0.113 e. The highest BCUT2D eigenvalue weighted by Gasteiger charge is 2.16. The third-order valence-corrected chi connectivity index (χ3v) is 3.78. The number of nitrogens with zero attached hydrogens (tertiary/aromatic N) is 3. The highest BCUT2D eigenvalue weighted by molar-refractivity contribution is 5.58. The largest absolute Gasteiger partial charge is 0.395 e. The van der Waals surface area contributed by atoms with Gasteiger partial charge in [0.05, 0.1) is 6.61 Å². The van der Waals surface area contributed by atoms with Crippen LogP contribution >= 0.6 is 0 Å². The van der Waals surface area contributed by atoms with E-state index in [4.69, 9.17) is 5.11 Å². The Hall–Kier alpha value is -1.81. The van der Waals surface area contributed by atoms with Crippen molar-refractivity contribution >= 4 is 5.69 Å². The molecular weight excluding hydrogens is 238 g/mol. The van der Waals surface area contributed by atoms with E-state index in [2.05, 4.69) is 35.1 Å². The van der Waals surface area contributed by atoms with Crippen LogP contribution in [0.4, 0.5) is 5.69 Å². The first kappa shape index (κ1) is 12.2. The minimum Gasteiger partial charge on any atom is -0.395 e. The minimum atomic E-state index is 0.151. The average molecular weight is 257 g/mol. The maximum absolute atomic E-state index is 9.03. The van der Waals surface area contributed by atoms with Crippen LogP contribution in [0.5, 0.6) is 0 Å². The molecular formula is C15H19N3O. The summed E-state index contributed by atoms with van der Waals surface area (Å²) >= 11 is 0. The lowest BCUT2D eigenvalue weighted by molar-refractivity contribution is 0.274. The van der Waals surface area contributed by atoms with Gasteiger partial charge in [0.25, 0.3) is 0 Å². The monoisotopic (exact) mass is 257 g/mol. The first-order valence-electron chi connectivity index (χ1n) is 6.72. The van der Waals surface area contributed by atoms with Crippen molar-refractivity contribution in [2.45, 2.75) is 19.4 Å². The summed E-state index contributed by atoms with van der Waals surface area (Å²) in [5, 5.41) is 9.03. The number of rotatable bonds is 4. The summed E-state index contributed by atoms with van der Waals surface area (Å²) in [6.07, 6.45) is 5.67. The van der Waals surface area contributed by atoms with Gasteiger partial charge in [0.2, 0.25) is 0 Å². The Kier molecular flexibility index (Phi) is 3.25. The number of likely N-dealkylation sites (N-methyl/N-ethyl adjacent to an activating group) is 1. The molecule has 19 heavy (non-hydrogen) atoms. The second-order valence-corrected chi connectivity index (χ2v) is 5.07.